The highest BCUT2D eigenvalue weighted by atomic mass is 32.2. The molecule has 0 amide bonds. The van der Waals surface area contributed by atoms with Crippen LogP contribution in [0.4, 0.5) is 0 Å². The van der Waals surface area contributed by atoms with Gasteiger partial charge in [-0.05, 0) is 29.7 Å². The molecule has 2 aromatic carbocycles. The molecule has 19 heavy (non-hydrogen) atoms. The van der Waals surface area contributed by atoms with E-state index in [1.807, 2.05) is 42.5 Å². The van der Waals surface area contributed by atoms with Gasteiger partial charge in [0.15, 0.2) is 0 Å². The smallest absolute Gasteiger partial charge is 0.0998 e. The predicted octanol–water partition coefficient (Wildman–Crippen LogP) is 4.26. The second-order valence-electron chi connectivity index (χ2n) is 4.05. The van der Waals surface area contributed by atoms with Crippen LogP contribution in [0.5, 0.6) is 0 Å². The van der Waals surface area contributed by atoms with Crippen molar-refractivity contribution in [2.24, 2.45) is 0 Å². The largest absolute Gasteiger partial charge is 0.265 e. The fraction of sp³-hybridized carbons (Fsp3) is 0. The van der Waals surface area contributed by atoms with Crippen molar-refractivity contribution in [3.63, 3.8) is 0 Å². The number of hydrogen-bond donors (Lipinski definition) is 0. The summed E-state index contributed by atoms with van der Waals surface area (Å²) in [6.45, 7) is 0. The average molecular weight is 262 g/mol. The lowest BCUT2D eigenvalue weighted by Crippen LogP contribution is -1.83. The van der Waals surface area contributed by atoms with Gasteiger partial charge in [0.05, 0.1) is 11.6 Å². The Balaban J connectivity index is 2.13. The molecule has 3 rings (SSSR count). The number of benzene rings is 2. The van der Waals surface area contributed by atoms with Crippen LogP contribution in [0.25, 0.3) is 10.8 Å². The highest BCUT2D eigenvalue weighted by Crippen LogP contribution is 2.34. The van der Waals surface area contributed by atoms with Crippen LogP contribution in [0.1, 0.15) is 5.56 Å². The van der Waals surface area contributed by atoms with E-state index < -0.39 is 0 Å². The molecule has 0 atom stereocenters. The molecule has 0 aliphatic heterocycles. The van der Waals surface area contributed by atoms with E-state index in [-0.39, 0.29) is 0 Å². The quantitative estimate of drug-likeness (QED) is 0.692. The summed E-state index contributed by atoms with van der Waals surface area (Å²) in [4.78, 5) is 6.32. The monoisotopic (exact) mass is 262 g/mol. The molecule has 1 aromatic heterocycles. The molecule has 0 saturated heterocycles. The van der Waals surface area contributed by atoms with Crippen LogP contribution in [-0.4, -0.2) is 4.98 Å². The molecular weight excluding hydrogens is 252 g/mol. The van der Waals surface area contributed by atoms with E-state index in [1.54, 1.807) is 24.2 Å². The number of pyridine rings is 1. The lowest BCUT2D eigenvalue weighted by molar-refractivity contribution is 1.26. The van der Waals surface area contributed by atoms with Crippen molar-refractivity contribution in [3.8, 4) is 6.07 Å². The molecule has 1 heterocycles. The van der Waals surface area contributed by atoms with Crippen LogP contribution < -0.4 is 0 Å². The molecule has 90 valence electrons. The molecule has 0 fully saturated rings. The van der Waals surface area contributed by atoms with Crippen LogP contribution in [-0.2, 0) is 0 Å². The van der Waals surface area contributed by atoms with Crippen molar-refractivity contribution in [1.82, 2.24) is 4.98 Å². The minimum absolute atomic E-state index is 0.717. The summed E-state index contributed by atoms with van der Waals surface area (Å²) in [5.41, 5.74) is 0.717. The Labute approximate surface area is 115 Å². The second kappa shape index (κ2) is 5.13. The van der Waals surface area contributed by atoms with Gasteiger partial charge in [0.2, 0.25) is 0 Å². The molecule has 3 heteroatoms. The van der Waals surface area contributed by atoms with Crippen molar-refractivity contribution < 1.29 is 0 Å². The zero-order valence-corrected chi connectivity index (χ0v) is 10.9. The summed E-state index contributed by atoms with van der Waals surface area (Å²) in [5.74, 6) is 0. The Morgan fingerprint density at radius 2 is 1.63 bits per heavy atom. The lowest BCUT2D eigenvalue weighted by Gasteiger charge is -2.07. The van der Waals surface area contributed by atoms with Crippen LogP contribution in [0.3, 0.4) is 0 Å². The van der Waals surface area contributed by atoms with Gasteiger partial charge in [-0.1, -0.05) is 36.0 Å². The first-order valence-electron chi connectivity index (χ1n) is 5.88. The number of aromatic nitrogens is 1. The number of nitriles is 1. The zero-order chi connectivity index (χ0) is 13.1. The lowest BCUT2D eigenvalue weighted by atomic mass is 10.1. The Morgan fingerprint density at radius 1 is 0.895 bits per heavy atom. The first kappa shape index (κ1) is 11.8. The molecule has 0 saturated carbocycles. The van der Waals surface area contributed by atoms with Gasteiger partial charge in [-0.15, -0.1) is 0 Å². The third-order valence-electron chi connectivity index (χ3n) is 2.88. The van der Waals surface area contributed by atoms with Gasteiger partial charge in [0.1, 0.15) is 0 Å². The average Bonchev–Trinajstić information content (AvgIpc) is 2.49. The number of nitrogens with zero attached hydrogens (tertiary/aromatic N) is 2. The zero-order valence-electron chi connectivity index (χ0n) is 10.1. The van der Waals surface area contributed by atoms with Crippen molar-refractivity contribution in [3.05, 3.63) is 66.5 Å². The third-order valence-corrected chi connectivity index (χ3v) is 3.97. The van der Waals surface area contributed by atoms with E-state index in [1.165, 1.54) is 0 Å². The Morgan fingerprint density at radius 3 is 2.37 bits per heavy atom. The minimum atomic E-state index is 0.717. The number of hydrogen-bond acceptors (Lipinski definition) is 3. The molecule has 0 unspecified atom stereocenters. The molecule has 0 aliphatic carbocycles. The topological polar surface area (TPSA) is 36.7 Å². The maximum atomic E-state index is 9.15. The van der Waals surface area contributed by atoms with Crippen LogP contribution in [0.15, 0.2) is 70.7 Å². The van der Waals surface area contributed by atoms with Crippen molar-refractivity contribution in [2.75, 3.05) is 0 Å². The van der Waals surface area contributed by atoms with Crippen molar-refractivity contribution in [2.45, 2.75) is 9.79 Å². The van der Waals surface area contributed by atoms with Gasteiger partial charge in [-0.2, -0.15) is 5.26 Å². The van der Waals surface area contributed by atoms with E-state index in [2.05, 4.69) is 17.1 Å². The van der Waals surface area contributed by atoms with Gasteiger partial charge in [0.25, 0.3) is 0 Å². The Kier molecular flexibility index (Phi) is 3.18. The summed E-state index contributed by atoms with van der Waals surface area (Å²) in [6, 6.07) is 18.1. The van der Waals surface area contributed by atoms with Crippen LogP contribution >= 0.6 is 11.8 Å². The van der Waals surface area contributed by atoms with E-state index in [0.29, 0.717) is 0 Å². The van der Waals surface area contributed by atoms with Gasteiger partial charge >= 0.3 is 0 Å². The summed E-state index contributed by atoms with van der Waals surface area (Å²) in [5, 5.41) is 11.3. The molecule has 0 N–H and O–H groups in total. The highest BCUT2D eigenvalue weighted by Gasteiger charge is 2.06. The van der Waals surface area contributed by atoms with Gasteiger partial charge < -0.3 is 0 Å². The maximum Gasteiger partial charge on any atom is 0.0998 e. The second-order valence-corrected chi connectivity index (χ2v) is 5.17. The summed E-state index contributed by atoms with van der Waals surface area (Å²) >= 11 is 1.69. The van der Waals surface area contributed by atoms with Crippen molar-refractivity contribution in [1.29, 1.82) is 5.26 Å². The highest BCUT2D eigenvalue weighted by molar-refractivity contribution is 7.99. The normalized spacial score (nSPS) is 10.3. The third kappa shape index (κ3) is 2.31. The van der Waals surface area contributed by atoms with Gasteiger partial charge in [-0.25, -0.2) is 0 Å². The van der Waals surface area contributed by atoms with Gasteiger partial charge in [-0.3, -0.25) is 4.98 Å². The molecule has 0 bridgehead atoms. The first-order valence-corrected chi connectivity index (χ1v) is 6.70. The number of rotatable bonds is 2. The Bertz CT molecular complexity index is 761. The first-order chi connectivity index (χ1) is 9.38. The fourth-order valence-electron chi connectivity index (χ4n) is 1.99. The fourth-order valence-corrected chi connectivity index (χ4v) is 2.93. The molecule has 0 aliphatic rings. The Hall–Kier alpha value is -2.31. The van der Waals surface area contributed by atoms with Crippen LogP contribution in [0, 0.1) is 11.3 Å². The standard InChI is InChI=1S/C16H10N2S/c17-11-12-5-6-16(15-4-2-1-3-14(12)15)19-13-7-9-18-10-8-13/h1-10H. The van der Waals surface area contributed by atoms with E-state index in [4.69, 9.17) is 5.26 Å². The summed E-state index contributed by atoms with van der Waals surface area (Å²) in [6.07, 6.45) is 3.57. The maximum absolute atomic E-state index is 9.15. The van der Waals surface area contributed by atoms with E-state index >= 15 is 0 Å². The minimum Gasteiger partial charge on any atom is -0.265 e. The van der Waals surface area contributed by atoms with E-state index in [9.17, 15) is 0 Å². The molecule has 0 radical (unpaired) electrons. The van der Waals surface area contributed by atoms with Gasteiger partial charge in [0, 0.05) is 27.6 Å². The summed E-state index contributed by atoms with van der Waals surface area (Å²) < 4.78 is 0. The predicted molar refractivity (Wildman–Crippen MR) is 77.0 cm³/mol. The molecule has 3 aromatic rings. The number of fused-ring (bicyclic) bond motifs is 1. The SMILES string of the molecule is N#Cc1ccc(Sc2ccncc2)c2ccccc12. The summed E-state index contributed by atoms with van der Waals surface area (Å²) in [7, 11) is 0. The van der Waals surface area contributed by atoms with Crippen molar-refractivity contribution >= 4 is 22.5 Å². The van der Waals surface area contributed by atoms with E-state index in [0.717, 1.165) is 26.1 Å². The molecular formula is C16H10N2S. The van der Waals surface area contributed by atoms with Crippen LogP contribution in [0.2, 0.25) is 0 Å². The molecule has 2 nitrogen and oxygen atoms in total. The molecule has 0 spiro atoms.